The van der Waals surface area contributed by atoms with Crippen LogP contribution in [0.15, 0.2) is 11.2 Å². The summed E-state index contributed by atoms with van der Waals surface area (Å²) >= 11 is 0. The molecule has 19 heavy (non-hydrogen) atoms. The van der Waals surface area contributed by atoms with E-state index in [4.69, 9.17) is 5.11 Å². The molecule has 1 N–H and O–H groups in total. The van der Waals surface area contributed by atoms with Crippen molar-refractivity contribution in [1.29, 1.82) is 0 Å². The van der Waals surface area contributed by atoms with Gasteiger partial charge in [-0.1, -0.05) is 0 Å². The Morgan fingerprint density at radius 1 is 1.53 bits per heavy atom. The van der Waals surface area contributed by atoms with E-state index in [1.54, 1.807) is 32.4 Å². The van der Waals surface area contributed by atoms with Crippen molar-refractivity contribution in [2.24, 2.45) is 7.05 Å². The summed E-state index contributed by atoms with van der Waals surface area (Å²) in [6, 6.07) is -0.327. The largest absolute Gasteiger partial charge is 0.481 e. The van der Waals surface area contributed by atoms with E-state index in [2.05, 4.69) is 4.98 Å². The summed E-state index contributed by atoms with van der Waals surface area (Å²) in [7, 11) is -2.05. The first kappa shape index (κ1) is 15.6. The summed E-state index contributed by atoms with van der Waals surface area (Å²) in [4.78, 5) is 14.6. The number of carbonyl (C=O) groups is 1. The Bertz CT molecular complexity index is 543. The number of hydrogen-bond acceptors (Lipinski definition) is 4. The first-order valence-electron chi connectivity index (χ1n) is 5.90. The van der Waals surface area contributed by atoms with Crippen molar-refractivity contribution in [2.45, 2.75) is 38.3 Å². The minimum absolute atomic E-state index is 0.0495. The summed E-state index contributed by atoms with van der Waals surface area (Å²) < 4.78 is 27.6. The number of sulfonamides is 1. The summed E-state index contributed by atoms with van der Waals surface area (Å²) in [5, 5.41) is 8.64. The van der Waals surface area contributed by atoms with E-state index in [0.717, 1.165) is 4.31 Å². The molecule has 0 saturated carbocycles. The van der Waals surface area contributed by atoms with Crippen LogP contribution in [0.5, 0.6) is 0 Å². The minimum Gasteiger partial charge on any atom is -0.481 e. The molecule has 0 aliphatic rings. The van der Waals surface area contributed by atoms with Crippen molar-refractivity contribution in [3.05, 3.63) is 12.0 Å². The van der Waals surface area contributed by atoms with E-state index in [1.807, 2.05) is 0 Å². The van der Waals surface area contributed by atoms with Crippen LogP contribution < -0.4 is 0 Å². The van der Waals surface area contributed by atoms with Gasteiger partial charge in [-0.25, -0.2) is 13.4 Å². The van der Waals surface area contributed by atoms with Gasteiger partial charge < -0.3 is 9.67 Å². The highest BCUT2D eigenvalue weighted by atomic mass is 32.2. The average molecular weight is 289 g/mol. The number of nitrogens with zero attached hydrogens (tertiary/aromatic N) is 3. The summed E-state index contributed by atoms with van der Waals surface area (Å²) in [6.07, 6.45) is 1.20. The first-order valence-corrected chi connectivity index (χ1v) is 7.34. The smallest absolute Gasteiger partial charge is 0.304 e. The van der Waals surface area contributed by atoms with Crippen molar-refractivity contribution in [3.8, 4) is 0 Å². The lowest BCUT2D eigenvalue weighted by atomic mass is 10.3. The quantitative estimate of drug-likeness (QED) is 0.828. The highest BCUT2D eigenvalue weighted by molar-refractivity contribution is 7.89. The van der Waals surface area contributed by atoms with Crippen LogP contribution in [0, 0.1) is 6.92 Å². The molecule has 1 aromatic heterocycles. The number of imidazole rings is 1. The van der Waals surface area contributed by atoms with Crippen LogP contribution in [0.2, 0.25) is 0 Å². The summed E-state index contributed by atoms with van der Waals surface area (Å²) in [5.41, 5.74) is 0. The van der Waals surface area contributed by atoms with Gasteiger partial charge in [-0.15, -0.1) is 0 Å². The molecule has 0 atom stereocenters. The molecular formula is C11H19N3O4S. The third kappa shape index (κ3) is 3.54. The van der Waals surface area contributed by atoms with Crippen LogP contribution in [0.25, 0.3) is 0 Å². The molecule has 1 aromatic rings. The Morgan fingerprint density at radius 3 is 2.47 bits per heavy atom. The molecule has 0 amide bonds. The van der Waals surface area contributed by atoms with E-state index in [0.29, 0.717) is 5.82 Å². The lowest BCUT2D eigenvalue weighted by Crippen LogP contribution is -2.38. The molecule has 8 heteroatoms. The molecule has 0 fully saturated rings. The Hall–Kier alpha value is -1.41. The topological polar surface area (TPSA) is 92.5 Å². The molecule has 1 heterocycles. The van der Waals surface area contributed by atoms with E-state index >= 15 is 0 Å². The number of aromatic nitrogens is 2. The molecule has 0 unspecified atom stereocenters. The second-order valence-electron chi connectivity index (χ2n) is 4.59. The fourth-order valence-corrected chi connectivity index (χ4v) is 3.30. The van der Waals surface area contributed by atoms with Crippen molar-refractivity contribution >= 4 is 16.0 Å². The summed E-state index contributed by atoms with van der Waals surface area (Å²) in [6.45, 7) is 5.05. The lowest BCUT2D eigenvalue weighted by molar-refractivity contribution is -0.137. The molecule has 108 valence electrons. The monoisotopic (exact) mass is 289 g/mol. The van der Waals surface area contributed by atoms with Crippen molar-refractivity contribution in [3.63, 3.8) is 0 Å². The molecular weight excluding hydrogens is 270 g/mol. The number of rotatable bonds is 6. The van der Waals surface area contributed by atoms with Crippen LogP contribution in [-0.2, 0) is 21.9 Å². The standard InChI is InChI=1S/C11H19N3O4S/c1-8(2)14(6-5-11(15)16)19(17,18)10-7-13(4)9(3)12-10/h7-8H,5-6H2,1-4H3,(H,15,16). The van der Waals surface area contributed by atoms with Gasteiger partial charge in [0, 0.05) is 25.8 Å². The Kier molecular flexibility index (Phi) is 4.70. The molecule has 0 aliphatic carbocycles. The van der Waals surface area contributed by atoms with Gasteiger partial charge in [0.2, 0.25) is 0 Å². The van der Waals surface area contributed by atoms with E-state index in [-0.39, 0.29) is 24.0 Å². The zero-order valence-corrected chi connectivity index (χ0v) is 12.3. The zero-order valence-electron chi connectivity index (χ0n) is 11.5. The molecule has 0 spiro atoms. The van der Waals surface area contributed by atoms with Crippen molar-refractivity contribution < 1.29 is 18.3 Å². The third-order valence-corrected chi connectivity index (χ3v) is 4.73. The Balaban J connectivity index is 3.09. The van der Waals surface area contributed by atoms with Gasteiger partial charge in [0.1, 0.15) is 5.82 Å². The normalized spacial score (nSPS) is 12.3. The van der Waals surface area contributed by atoms with Crippen LogP contribution >= 0.6 is 0 Å². The van der Waals surface area contributed by atoms with Crippen molar-refractivity contribution in [2.75, 3.05) is 6.54 Å². The van der Waals surface area contributed by atoms with Gasteiger partial charge in [-0.2, -0.15) is 4.31 Å². The fourth-order valence-electron chi connectivity index (χ4n) is 1.63. The molecule has 7 nitrogen and oxygen atoms in total. The number of carboxylic acid groups (broad SMARTS) is 1. The summed E-state index contributed by atoms with van der Waals surface area (Å²) in [5.74, 6) is -0.446. The van der Waals surface area contributed by atoms with Gasteiger partial charge >= 0.3 is 5.97 Å². The van der Waals surface area contributed by atoms with Gasteiger partial charge in [-0.05, 0) is 20.8 Å². The lowest BCUT2D eigenvalue weighted by Gasteiger charge is -2.24. The first-order chi connectivity index (χ1) is 8.66. The second-order valence-corrected chi connectivity index (χ2v) is 6.43. The SMILES string of the molecule is Cc1nc(S(=O)(=O)N(CCC(=O)O)C(C)C)cn1C. The molecule has 0 saturated heterocycles. The van der Waals surface area contributed by atoms with Crippen LogP contribution in [0.4, 0.5) is 0 Å². The maximum Gasteiger partial charge on any atom is 0.304 e. The van der Waals surface area contributed by atoms with Gasteiger partial charge in [0.25, 0.3) is 10.0 Å². The second kappa shape index (κ2) is 5.70. The number of aliphatic carboxylic acids is 1. The third-order valence-electron chi connectivity index (χ3n) is 2.78. The predicted molar refractivity (Wildman–Crippen MR) is 69.2 cm³/mol. The van der Waals surface area contributed by atoms with Crippen molar-refractivity contribution in [1.82, 2.24) is 13.9 Å². The maximum absolute atomic E-state index is 12.4. The van der Waals surface area contributed by atoms with Gasteiger partial charge in [-0.3, -0.25) is 4.79 Å². The van der Waals surface area contributed by atoms with E-state index < -0.39 is 16.0 Å². The molecule has 0 aromatic carbocycles. The van der Waals surface area contributed by atoms with E-state index in [9.17, 15) is 13.2 Å². The Labute approximate surface area is 112 Å². The Morgan fingerprint density at radius 2 is 2.11 bits per heavy atom. The van der Waals surface area contributed by atoms with Crippen LogP contribution in [0.1, 0.15) is 26.1 Å². The van der Waals surface area contributed by atoms with E-state index in [1.165, 1.54) is 6.20 Å². The predicted octanol–water partition coefficient (Wildman–Crippen LogP) is 0.602. The molecule has 0 aliphatic heterocycles. The highest BCUT2D eigenvalue weighted by Gasteiger charge is 2.29. The number of aryl methyl sites for hydroxylation is 2. The molecule has 0 bridgehead atoms. The molecule has 1 rings (SSSR count). The zero-order chi connectivity index (χ0) is 14.8. The number of hydrogen-bond donors (Lipinski definition) is 1. The maximum atomic E-state index is 12.4. The van der Waals surface area contributed by atoms with Crippen LogP contribution in [0.3, 0.4) is 0 Å². The fraction of sp³-hybridized carbons (Fsp3) is 0.636. The van der Waals surface area contributed by atoms with Gasteiger partial charge in [0.05, 0.1) is 6.42 Å². The number of carboxylic acids is 1. The highest BCUT2D eigenvalue weighted by Crippen LogP contribution is 2.17. The molecule has 0 radical (unpaired) electrons. The average Bonchev–Trinajstić information content (AvgIpc) is 2.58. The van der Waals surface area contributed by atoms with Gasteiger partial charge in [0.15, 0.2) is 5.03 Å². The minimum atomic E-state index is -3.76. The van der Waals surface area contributed by atoms with Crippen LogP contribution in [-0.4, -0.2) is 45.9 Å².